The molecular weight excluding hydrogens is 246 g/mol. The molecule has 2 aliphatic rings. The van der Waals surface area contributed by atoms with Crippen molar-refractivity contribution in [1.82, 2.24) is 4.90 Å². The number of rotatable bonds is 2. The third-order valence-corrected chi connectivity index (χ3v) is 4.39. The van der Waals surface area contributed by atoms with Crippen molar-refractivity contribution >= 4 is 5.57 Å². The summed E-state index contributed by atoms with van der Waals surface area (Å²) in [5, 5.41) is 0. The Balaban J connectivity index is 1.77. The summed E-state index contributed by atoms with van der Waals surface area (Å²) in [6, 6.07) is 10.00. The highest BCUT2D eigenvalue weighted by atomic mass is 16.5. The molecule has 1 aromatic carbocycles. The number of nitrogens with zero attached hydrogens (tertiary/aromatic N) is 1. The molecule has 0 aliphatic carbocycles. The molecule has 20 heavy (non-hydrogen) atoms. The molecule has 2 heterocycles. The Labute approximate surface area is 122 Å². The lowest BCUT2D eigenvalue weighted by Gasteiger charge is -2.30. The van der Waals surface area contributed by atoms with Crippen LogP contribution in [0.1, 0.15) is 45.6 Å². The van der Waals surface area contributed by atoms with Crippen molar-refractivity contribution in [2.24, 2.45) is 0 Å². The first-order valence-electron chi connectivity index (χ1n) is 7.64. The third kappa shape index (κ3) is 2.76. The number of hydrogen-bond donors (Lipinski definition) is 0. The maximum Gasteiger partial charge on any atom is 0.120 e. The van der Waals surface area contributed by atoms with Gasteiger partial charge in [-0.3, -0.25) is 4.90 Å². The van der Waals surface area contributed by atoms with Crippen molar-refractivity contribution in [2.75, 3.05) is 7.05 Å². The largest absolute Gasteiger partial charge is 0.488 e. The number of fused-ring (bicyclic) bond motifs is 2. The monoisotopic (exact) mass is 271 g/mol. The van der Waals surface area contributed by atoms with Crippen LogP contribution in [0.25, 0.3) is 5.57 Å². The molecule has 2 heteroatoms. The lowest BCUT2D eigenvalue weighted by Crippen LogP contribution is -2.34. The van der Waals surface area contributed by atoms with E-state index < -0.39 is 0 Å². The number of hydrogen-bond acceptors (Lipinski definition) is 2. The van der Waals surface area contributed by atoms with Gasteiger partial charge in [0.05, 0.1) is 0 Å². The smallest absolute Gasteiger partial charge is 0.120 e. The molecule has 0 aromatic heterocycles. The second kappa shape index (κ2) is 4.92. The van der Waals surface area contributed by atoms with Crippen molar-refractivity contribution in [1.29, 1.82) is 0 Å². The van der Waals surface area contributed by atoms with E-state index in [-0.39, 0.29) is 5.60 Å². The van der Waals surface area contributed by atoms with Crippen LogP contribution in [0.2, 0.25) is 0 Å². The van der Waals surface area contributed by atoms with Crippen LogP contribution in [0.15, 0.2) is 30.3 Å². The summed E-state index contributed by atoms with van der Waals surface area (Å²) in [4.78, 5) is 2.53. The first-order valence-corrected chi connectivity index (χ1v) is 7.64. The van der Waals surface area contributed by atoms with E-state index in [1.807, 2.05) is 0 Å². The van der Waals surface area contributed by atoms with Crippen molar-refractivity contribution in [3.63, 3.8) is 0 Å². The van der Waals surface area contributed by atoms with Gasteiger partial charge in [-0.25, -0.2) is 0 Å². The molecule has 0 saturated carbocycles. The molecule has 1 fully saturated rings. The number of ether oxygens (including phenoxy) is 1. The van der Waals surface area contributed by atoms with Crippen LogP contribution in [0.5, 0.6) is 5.75 Å². The van der Waals surface area contributed by atoms with Gasteiger partial charge < -0.3 is 4.74 Å². The van der Waals surface area contributed by atoms with Gasteiger partial charge in [-0.05, 0) is 70.4 Å². The summed E-state index contributed by atoms with van der Waals surface area (Å²) in [5.74, 6) is 0.956. The predicted molar refractivity (Wildman–Crippen MR) is 84.0 cm³/mol. The maximum absolute atomic E-state index is 5.89. The summed E-state index contributed by atoms with van der Waals surface area (Å²) in [5.41, 5.74) is 2.74. The Morgan fingerprint density at radius 3 is 2.40 bits per heavy atom. The summed E-state index contributed by atoms with van der Waals surface area (Å²) in [7, 11) is 2.26. The third-order valence-electron chi connectivity index (χ3n) is 4.39. The Hall–Kier alpha value is -1.28. The molecule has 1 aromatic rings. The van der Waals surface area contributed by atoms with E-state index in [4.69, 9.17) is 4.74 Å². The van der Waals surface area contributed by atoms with Crippen LogP contribution in [-0.2, 0) is 0 Å². The Morgan fingerprint density at radius 1 is 1.10 bits per heavy atom. The Kier molecular flexibility index (Phi) is 3.37. The van der Waals surface area contributed by atoms with Gasteiger partial charge in [-0.15, -0.1) is 0 Å². The Morgan fingerprint density at radius 2 is 1.80 bits per heavy atom. The van der Waals surface area contributed by atoms with E-state index in [9.17, 15) is 0 Å². The highest BCUT2D eigenvalue weighted by Gasteiger charge is 2.33. The van der Waals surface area contributed by atoms with E-state index in [1.54, 1.807) is 0 Å². The minimum Gasteiger partial charge on any atom is -0.488 e. The summed E-state index contributed by atoms with van der Waals surface area (Å²) < 4.78 is 5.89. The summed E-state index contributed by atoms with van der Waals surface area (Å²) in [6.45, 7) is 6.24. The van der Waals surface area contributed by atoms with Crippen LogP contribution in [0.4, 0.5) is 0 Å². The minimum absolute atomic E-state index is 0.132. The molecule has 0 spiro atoms. The molecule has 108 valence electrons. The number of likely N-dealkylation sites (N-methyl/N-ethyl adjacent to an activating group) is 1. The highest BCUT2D eigenvalue weighted by molar-refractivity contribution is 5.68. The summed E-state index contributed by atoms with van der Waals surface area (Å²) in [6.07, 6.45) is 6.30. The van der Waals surface area contributed by atoms with Crippen LogP contribution in [0.3, 0.4) is 0 Å². The fourth-order valence-electron chi connectivity index (χ4n) is 3.35. The molecule has 2 bridgehead atoms. The maximum atomic E-state index is 5.89. The average Bonchev–Trinajstić information content (AvgIpc) is 2.61. The van der Waals surface area contributed by atoms with Crippen molar-refractivity contribution in [2.45, 2.75) is 57.7 Å². The quantitative estimate of drug-likeness (QED) is 0.802. The molecular formula is C18H25NO. The predicted octanol–water partition coefficient (Wildman–Crippen LogP) is 4.11. The van der Waals surface area contributed by atoms with Crippen LogP contribution >= 0.6 is 0 Å². The zero-order valence-electron chi connectivity index (χ0n) is 13.0. The van der Waals surface area contributed by atoms with Crippen LogP contribution in [0, 0.1) is 0 Å². The second-order valence-electron chi connectivity index (χ2n) is 7.10. The lowest BCUT2D eigenvalue weighted by molar-refractivity contribution is 0.131. The second-order valence-corrected chi connectivity index (χ2v) is 7.10. The molecule has 3 rings (SSSR count). The summed E-state index contributed by atoms with van der Waals surface area (Å²) >= 11 is 0. The van der Waals surface area contributed by atoms with Gasteiger partial charge in [0.2, 0.25) is 0 Å². The minimum atomic E-state index is -0.132. The normalized spacial score (nSPS) is 26.5. The zero-order chi connectivity index (χ0) is 14.3. The van der Waals surface area contributed by atoms with Gasteiger partial charge in [-0.2, -0.15) is 0 Å². The van der Waals surface area contributed by atoms with Gasteiger partial charge in [0, 0.05) is 12.1 Å². The molecule has 1 saturated heterocycles. The van der Waals surface area contributed by atoms with Gasteiger partial charge in [0.15, 0.2) is 0 Å². The zero-order valence-corrected chi connectivity index (χ0v) is 13.0. The standard InChI is InChI=1S/C18H25NO/c1-18(2,3)20-17-9-5-13(6-10-17)14-11-15-7-8-16(12-14)19(15)4/h5-6,9-11,15-16H,7-8,12H2,1-4H3. The van der Waals surface area contributed by atoms with E-state index in [2.05, 4.69) is 63.1 Å². The van der Waals surface area contributed by atoms with Crippen LogP contribution in [-0.4, -0.2) is 29.6 Å². The highest BCUT2D eigenvalue weighted by Crippen LogP contribution is 2.37. The van der Waals surface area contributed by atoms with E-state index in [1.165, 1.54) is 30.4 Å². The molecule has 2 aliphatic heterocycles. The molecule has 2 nitrogen and oxygen atoms in total. The van der Waals surface area contributed by atoms with Gasteiger partial charge in [0.25, 0.3) is 0 Å². The lowest BCUT2D eigenvalue weighted by atomic mass is 9.95. The molecule has 0 radical (unpaired) electrons. The van der Waals surface area contributed by atoms with Crippen molar-refractivity contribution in [3.8, 4) is 5.75 Å². The average molecular weight is 271 g/mol. The first kappa shape index (κ1) is 13.7. The molecule has 0 N–H and O–H groups in total. The number of benzene rings is 1. The SMILES string of the molecule is CN1C2C=C(c3ccc(OC(C)(C)C)cc3)CC1CC2. The molecule has 0 amide bonds. The van der Waals surface area contributed by atoms with E-state index in [0.717, 1.165) is 11.8 Å². The van der Waals surface area contributed by atoms with E-state index in [0.29, 0.717) is 6.04 Å². The molecule has 2 unspecified atom stereocenters. The topological polar surface area (TPSA) is 12.5 Å². The Bertz CT molecular complexity index is 509. The van der Waals surface area contributed by atoms with Crippen molar-refractivity contribution < 1.29 is 4.74 Å². The van der Waals surface area contributed by atoms with E-state index >= 15 is 0 Å². The first-order chi connectivity index (χ1) is 9.42. The van der Waals surface area contributed by atoms with Gasteiger partial charge in [-0.1, -0.05) is 18.2 Å². The fourth-order valence-corrected chi connectivity index (χ4v) is 3.35. The fraction of sp³-hybridized carbons (Fsp3) is 0.556. The molecule has 2 atom stereocenters. The van der Waals surface area contributed by atoms with Gasteiger partial charge >= 0.3 is 0 Å². The van der Waals surface area contributed by atoms with Crippen molar-refractivity contribution in [3.05, 3.63) is 35.9 Å². The van der Waals surface area contributed by atoms with Crippen LogP contribution < -0.4 is 4.74 Å². The van der Waals surface area contributed by atoms with Gasteiger partial charge in [0.1, 0.15) is 11.4 Å².